The molecular weight excluding hydrogens is 324 g/mol. The van der Waals surface area contributed by atoms with E-state index in [4.69, 9.17) is 11.6 Å². The minimum atomic E-state index is -4.09. The Morgan fingerprint density at radius 1 is 1.29 bits per heavy atom. The van der Waals surface area contributed by atoms with Crippen molar-refractivity contribution in [3.05, 3.63) is 33.4 Å². The van der Waals surface area contributed by atoms with Gasteiger partial charge in [0.05, 0.1) is 4.90 Å². The van der Waals surface area contributed by atoms with Gasteiger partial charge in [0, 0.05) is 10.6 Å². The molecule has 1 aromatic carbocycles. The Hall–Kier alpha value is -2.00. The lowest BCUT2D eigenvalue weighted by atomic mass is 10.1. The Morgan fingerprint density at radius 2 is 1.76 bits per heavy atom. The van der Waals surface area contributed by atoms with Gasteiger partial charge < -0.3 is 5.32 Å². The molecule has 0 fully saturated rings. The van der Waals surface area contributed by atoms with Gasteiger partial charge in [-0.15, -0.1) is 0 Å². The molecule has 1 rings (SSSR count). The highest BCUT2D eigenvalue weighted by Gasteiger charge is 2.26. The Morgan fingerprint density at radius 3 is 2.14 bits per heavy atom. The van der Waals surface area contributed by atoms with Gasteiger partial charge in [0.25, 0.3) is 0 Å². The van der Waals surface area contributed by atoms with Crippen molar-refractivity contribution in [1.29, 1.82) is 0 Å². The smallest absolute Gasteiger partial charge is 0.310 e. The van der Waals surface area contributed by atoms with Gasteiger partial charge in [0.2, 0.25) is 9.84 Å². The van der Waals surface area contributed by atoms with Crippen molar-refractivity contribution in [1.82, 2.24) is 0 Å². The summed E-state index contributed by atoms with van der Waals surface area (Å²) in [6.45, 7) is 2.86. The summed E-state index contributed by atoms with van der Waals surface area (Å²) in [6.07, 6.45) is 0. The van der Waals surface area contributed by atoms with Crippen LogP contribution >= 0.6 is 11.6 Å². The van der Waals surface area contributed by atoms with Crippen molar-refractivity contribution in [3.63, 3.8) is 0 Å². The molecule has 8 nitrogen and oxygen atoms in total. The first-order valence-electron chi connectivity index (χ1n) is 5.51. The van der Waals surface area contributed by atoms with Crippen molar-refractivity contribution >= 4 is 38.3 Å². The van der Waals surface area contributed by atoms with Crippen molar-refractivity contribution < 1.29 is 22.9 Å². The Kier molecular flexibility index (Phi) is 5.02. The van der Waals surface area contributed by atoms with Crippen LogP contribution < -0.4 is 5.32 Å². The average Bonchev–Trinajstić information content (AvgIpc) is 2.24. The molecule has 1 amide bonds. The number of benzene rings is 1. The van der Waals surface area contributed by atoms with Crippen LogP contribution in [0.25, 0.3) is 0 Å². The number of nitrogens with one attached hydrogen (secondary N) is 1. The van der Waals surface area contributed by atoms with E-state index in [1.54, 1.807) is 0 Å². The van der Waals surface area contributed by atoms with E-state index in [2.05, 4.69) is 5.32 Å². The molecule has 0 aromatic heterocycles. The second kappa shape index (κ2) is 6.19. The molecule has 0 heterocycles. The lowest BCUT2D eigenvalue weighted by Crippen LogP contribution is -2.19. The highest BCUT2D eigenvalue weighted by Crippen LogP contribution is 2.25. The van der Waals surface area contributed by atoms with Crippen molar-refractivity contribution in [2.75, 3.05) is 11.2 Å². The van der Waals surface area contributed by atoms with Crippen molar-refractivity contribution in [2.45, 2.75) is 18.7 Å². The summed E-state index contributed by atoms with van der Waals surface area (Å²) in [5.41, 5.74) is 0.604. The van der Waals surface area contributed by atoms with Crippen LogP contribution in [0.2, 0.25) is 0 Å². The van der Waals surface area contributed by atoms with E-state index >= 15 is 0 Å². The van der Waals surface area contributed by atoms with E-state index in [1.807, 2.05) is 0 Å². The Balaban J connectivity index is 3.26. The molecule has 0 saturated heterocycles. The van der Waals surface area contributed by atoms with Crippen LogP contribution in [0, 0.1) is 24.0 Å². The van der Waals surface area contributed by atoms with Crippen LogP contribution in [-0.4, -0.2) is 30.4 Å². The molecule has 0 aliphatic rings. The first kappa shape index (κ1) is 17.1. The molecule has 0 aliphatic carbocycles. The van der Waals surface area contributed by atoms with Gasteiger partial charge in [0.1, 0.15) is 0 Å². The summed E-state index contributed by atoms with van der Waals surface area (Å²) in [4.78, 5) is 31.1. The second-order valence-electron chi connectivity index (χ2n) is 4.24. The predicted molar refractivity (Wildman–Crippen MR) is 74.5 cm³/mol. The molecule has 0 unspecified atom stereocenters. The quantitative estimate of drug-likeness (QED) is 0.371. The number of sulfone groups is 1. The maximum atomic E-state index is 11.9. The topological polar surface area (TPSA) is 123 Å². The lowest BCUT2D eigenvalue weighted by Gasteiger charge is -2.11. The molecule has 0 aliphatic heterocycles. The number of rotatable bonds is 5. The van der Waals surface area contributed by atoms with Crippen LogP contribution in [0.4, 0.5) is 5.69 Å². The Bertz CT molecular complexity index is 705. The third-order valence-electron chi connectivity index (χ3n) is 2.48. The average molecular weight is 335 g/mol. The highest BCUT2D eigenvalue weighted by atomic mass is 35.5. The number of carbonyl (C=O) groups excluding carboxylic acids is 2. The molecule has 0 saturated carbocycles. The normalized spacial score (nSPS) is 11.0. The van der Waals surface area contributed by atoms with Crippen LogP contribution in [0.5, 0.6) is 0 Å². The monoisotopic (exact) mass is 334 g/mol. The predicted octanol–water partition coefficient (Wildman–Crippen LogP) is 1.02. The third kappa shape index (κ3) is 4.23. The number of hydrogen-bond donors (Lipinski definition) is 1. The van der Waals surface area contributed by atoms with Crippen molar-refractivity contribution in [2.24, 2.45) is 0 Å². The molecule has 1 N–H and O–H groups in total. The van der Waals surface area contributed by atoms with E-state index in [9.17, 15) is 28.1 Å². The minimum absolute atomic E-state index is 0.170. The molecule has 0 radical (unpaired) electrons. The SMILES string of the molecule is Cc1cc(NC(=O)C(=O)Cl)cc(C)c1S(=O)(=O)C[N+](=O)[O-]. The van der Waals surface area contributed by atoms with E-state index in [-0.39, 0.29) is 21.7 Å². The Labute approximate surface area is 125 Å². The van der Waals surface area contributed by atoms with E-state index in [0.29, 0.717) is 0 Å². The fourth-order valence-corrected chi connectivity index (χ4v) is 3.45. The summed E-state index contributed by atoms with van der Waals surface area (Å²) in [6, 6.07) is 2.58. The van der Waals surface area contributed by atoms with Gasteiger partial charge >= 0.3 is 17.0 Å². The maximum Gasteiger partial charge on any atom is 0.310 e. The molecular formula is C11H11ClN2O6S. The fraction of sp³-hybridized carbons (Fsp3) is 0.273. The van der Waals surface area contributed by atoms with Gasteiger partial charge in [-0.2, -0.15) is 0 Å². The number of halogens is 1. The first-order valence-corrected chi connectivity index (χ1v) is 7.54. The number of aryl methyl sites for hydroxylation is 2. The summed E-state index contributed by atoms with van der Waals surface area (Å²) >= 11 is 5.00. The largest absolute Gasteiger partial charge is 0.318 e. The number of anilines is 1. The molecule has 10 heteroatoms. The number of nitrogens with zero attached hydrogens (tertiary/aromatic N) is 1. The first-order chi connectivity index (χ1) is 9.54. The molecule has 21 heavy (non-hydrogen) atoms. The molecule has 1 aromatic rings. The van der Waals surface area contributed by atoms with Crippen LogP contribution in [0.3, 0.4) is 0 Å². The van der Waals surface area contributed by atoms with E-state index < -0.39 is 31.8 Å². The maximum absolute atomic E-state index is 11.9. The fourth-order valence-electron chi connectivity index (χ4n) is 1.90. The standard InChI is InChI=1S/C11H11ClN2O6S/c1-6-3-8(13-11(16)10(12)15)4-7(2)9(6)21(19,20)5-14(17)18/h3-4H,5H2,1-2H3,(H,13,16). The van der Waals surface area contributed by atoms with E-state index in [1.165, 1.54) is 26.0 Å². The summed E-state index contributed by atoms with van der Waals surface area (Å²) < 4.78 is 23.8. The zero-order valence-electron chi connectivity index (χ0n) is 11.0. The number of nitro groups is 1. The van der Waals surface area contributed by atoms with Crippen molar-refractivity contribution in [3.8, 4) is 0 Å². The number of amides is 1. The van der Waals surface area contributed by atoms with Crippen LogP contribution in [0.1, 0.15) is 11.1 Å². The van der Waals surface area contributed by atoms with Gasteiger partial charge in [0.15, 0.2) is 0 Å². The third-order valence-corrected chi connectivity index (χ3v) is 4.47. The number of hydrogen-bond acceptors (Lipinski definition) is 6. The van der Waals surface area contributed by atoms with Gasteiger partial charge in [-0.3, -0.25) is 19.7 Å². The molecule has 0 spiro atoms. The lowest BCUT2D eigenvalue weighted by molar-refractivity contribution is -0.458. The summed E-state index contributed by atoms with van der Waals surface area (Å²) in [5.74, 6) is -2.28. The zero-order chi connectivity index (χ0) is 16.4. The molecule has 0 bridgehead atoms. The summed E-state index contributed by atoms with van der Waals surface area (Å²) in [5, 5.41) is 11.4. The van der Waals surface area contributed by atoms with Crippen LogP contribution in [-0.2, 0) is 19.4 Å². The summed E-state index contributed by atoms with van der Waals surface area (Å²) in [7, 11) is -4.09. The van der Waals surface area contributed by atoms with Gasteiger partial charge in [-0.25, -0.2) is 8.42 Å². The highest BCUT2D eigenvalue weighted by molar-refractivity contribution is 7.91. The van der Waals surface area contributed by atoms with Crippen LogP contribution in [0.15, 0.2) is 17.0 Å². The second-order valence-corrected chi connectivity index (χ2v) is 6.48. The molecule has 114 valence electrons. The molecule has 0 atom stereocenters. The van der Waals surface area contributed by atoms with E-state index in [0.717, 1.165) is 0 Å². The minimum Gasteiger partial charge on any atom is -0.318 e. The van der Waals surface area contributed by atoms with Gasteiger partial charge in [-0.1, -0.05) is 0 Å². The van der Waals surface area contributed by atoms with Gasteiger partial charge in [-0.05, 0) is 48.7 Å². The zero-order valence-corrected chi connectivity index (χ0v) is 12.6. The number of carbonyl (C=O) groups is 2.